The zero-order valence-corrected chi connectivity index (χ0v) is 12.1. The van der Waals surface area contributed by atoms with Gasteiger partial charge in [-0.15, -0.1) is 0 Å². The van der Waals surface area contributed by atoms with Gasteiger partial charge in [-0.2, -0.15) is 9.97 Å². The first kappa shape index (κ1) is 13.2. The van der Waals surface area contributed by atoms with Crippen LogP contribution in [-0.4, -0.2) is 41.1 Å². The molecule has 0 aliphatic carbocycles. The minimum atomic E-state index is 0.442. The van der Waals surface area contributed by atoms with Crippen LogP contribution in [0.3, 0.4) is 0 Å². The summed E-state index contributed by atoms with van der Waals surface area (Å²) in [5.41, 5.74) is 2.29. The number of hydrogen-bond acceptors (Lipinski definition) is 6. The fourth-order valence-electron chi connectivity index (χ4n) is 1.93. The van der Waals surface area contributed by atoms with Crippen molar-refractivity contribution < 1.29 is 4.74 Å². The molecule has 0 saturated carbocycles. The molecule has 0 spiro atoms. The number of H-pyrrole nitrogens is 1. The van der Waals surface area contributed by atoms with Crippen LogP contribution in [0, 0.1) is 0 Å². The monoisotopic (exact) mass is 284 g/mol. The van der Waals surface area contributed by atoms with Gasteiger partial charge in [-0.3, -0.25) is 0 Å². The van der Waals surface area contributed by atoms with E-state index in [0.717, 1.165) is 5.69 Å². The highest BCUT2D eigenvalue weighted by Crippen LogP contribution is 2.28. The third-order valence-corrected chi connectivity index (χ3v) is 3.02. The number of imidazole rings is 1. The van der Waals surface area contributed by atoms with E-state index in [9.17, 15) is 0 Å². The molecule has 2 N–H and O–H groups in total. The summed E-state index contributed by atoms with van der Waals surface area (Å²) in [4.78, 5) is 17.7. The highest BCUT2D eigenvalue weighted by molar-refractivity contribution is 5.77. The summed E-state index contributed by atoms with van der Waals surface area (Å²) in [6.45, 7) is 0. The first-order valence-corrected chi connectivity index (χ1v) is 6.51. The van der Waals surface area contributed by atoms with E-state index in [1.165, 1.54) is 0 Å². The fourth-order valence-corrected chi connectivity index (χ4v) is 1.93. The van der Waals surface area contributed by atoms with Crippen LogP contribution in [0.5, 0.6) is 11.6 Å². The number of benzene rings is 1. The maximum absolute atomic E-state index is 5.89. The number of rotatable bonds is 4. The van der Waals surface area contributed by atoms with E-state index in [2.05, 4.69) is 25.3 Å². The molecular weight excluding hydrogens is 268 g/mol. The van der Waals surface area contributed by atoms with Gasteiger partial charge in [0.25, 0.3) is 5.88 Å². The Labute approximate surface area is 122 Å². The summed E-state index contributed by atoms with van der Waals surface area (Å²) in [6.07, 6.45) is 1.57. The van der Waals surface area contributed by atoms with Crippen LogP contribution in [-0.2, 0) is 0 Å². The van der Waals surface area contributed by atoms with Crippen molar-refractivity contribution >= 4 is 22.8 Å². The van der Waals surface area contributed by atoms with Gasteiger partial charge in [0.05, 0.1) is 6.33 Å². The summed E-state index contributed by atoms with van der Waals surface area (Å²) in [5, 5.41) is 2.90. The lowest BCUT2D eigenvalue weighted by Gasteiger charge is -2.14. The molecule has 0 fully saturated rings. The van der Waals surface area contributed by atoms with Crippen molar-refractivity contribution in [2.24, 2.45) is 0 Å². The minimum absolute atomic E-state index is 0.442. The Balaban J connectivity index is 2.01. The van der Waals surface area contributed by atoms with Gasteiger partial charge in [0, 0.05) is 32.9 Å². The van der Waals surface area contributed by atoms with E-state index in [1.54, 1.807) is 13.4 Å². The van der Waals surface area contributed by atoms with Crippen LogP contribution in [0.15, 0.2) is 30.6 Å². The third kappa shape index (κ3) is 2.58. The summed E-state index contributed by atoms with van der Waals surface area (Å²) in [7, 11) is 5.72. The summed E-state index contributed by atoms with van der Waals surface area (Å²) >= 11 is 0. The number of ether oxygens (including phenoxy) is 1. The molecule has 3 aromatic rings. The van der Waals surface area contributed by atoms with Crippen LogP contribution in [0.25, 0.3) is 11.2 Å². The molecule has 0 radical (unpaired) electrons. The lowest BCUT2D eigenvalue weighted by Crippen LogP contribution is -2.08. The highest BCUT2D eigenvalue weighted by Gasteiger charge is 2.11. The van der Waals surface area contributed by atoms with Crippen molar-refractivity contribution in [3.05, 3.63) is 30.6 Å². The molecule has 0 atom stereocenters. The smallest absolute Gasteiger partial charge is 0.250 e. The number of aromatic nitrogens is 4. The number of nitrogens with zero attached hydrogens (tertiary/aromatic N) is 4. The van der Waals surface area contributed by atoms with Crippen molar-refractivity contribution in [1.82, 2.24) is 19.9 Å². The van der Waals surface area contributed by atoms with Gasteiger partial charge in [0.2, 0.25) is 5.95 Å². The quantitative estimate of drug-likeness (QED) is 0.765. The molecule has 7 nitrogen and oxygen atoms in total. The Hall–Kier alpha value is -2.83. The first-order chi connectivity index (χ1) is 10.2. The molecule has 3 rings (SSSR count). The van der Waals surface area contributed by atoms with Crippen LogP contribution >= 0.6 is 0 Å². The molecule has 2 heterocycles. The molecule has 0 aliphatic heterocycles. The topological polar surface area (TPSA) is 79.0 Å². The highest BCUT2D eigenvalue weighted by atomic mass is 16.5. The lowest BCUT2D eigenvalue weighted by atomic mass is 10.3. The largest absolute Gasteiger partial charge is 0.437 e. The van der Waals surface area contributed by atoms with E-state index in [4.69, 9.17) is 4.74 Å². The van der Waals surface area contributed by atoms with Gasteiger partial charge in [0.15, 0.2) is 5.65 Å². The second-order valence-corrected chi connectivity index (χ2v) is 4.70. The van der Waals surface area contributed by atoms with Gasteiger partial charge < -0.3 is 19.9 Å². The van der Waals surface area contributed by atoms with Crippen LogP contribution in [0.4, 0.5) is 11.6 Å². The van der Waals surface area contributed by atoms with Crippen molar-refractivity contribution in [3.63, 3.8) is 0 Å². The standard InChI is InChI=1S/C14H16N6O/c1-15-14-18-12-11(16-8-17-12)13(19-14)21-10-6-4-5-9(7-10)20(2)3/h4-8H,1-3H3,(H2,15,16,17,18,19). The van der Waals surface area contributed by atoms with E-state index >= 15 is 0 Å². The van der Waals surface area contributed by atoms with Gasteiger partial charge in [-0.1, -0.05) is 6.07 Å². The van der Waals surface area contributed by atoms with Gasteiger partial charge >= 0.3 is 0 Å². The van der Waals surface area contributed by atoms with Crippen LogP contribution in [0.1, 0.15) is 0 Å². The van der Waals surface area contributed by atoms with E-state index < -0.39 is 0 Å². The fraction of sp³-hybridized carbons (Fsp3) is 0.214. The lowest BCUT2D eigenvalue weighted by molar-refractivity contribution is 0.468. The average Bonchev–Trinajstić information content (AvgIpc) is 2.96. The van der Waals surface area contributed by atoms with Crippen LogP contribution in [0.2, 0.25) is 0 Å². The van der Waals surface area contributed by atoms with Crippen molar-refractivity contribution in [1.29, 1.82) is 0 Å². The molecule has 1 aromatic carbocycles. The molecule has 0 saturated heterocycles. The summed E-state index contributed by atoms with van der Waals surface area (Å²) in [6, 6.07) is 7.78. The number of fused-ring (bicyclic) bond motifs is 1. The number of hydrogen-bond donors (Lipinski definition) is 2. The molecule has 7 heteroatoms. The Morgan fingerprint density at radius 2 is 2.10 bits per heavy atom. The molecular formula is C14H16N6O. The van der Waals surface area contributed by atoms with Gasteiger partial charge in [-0.25, -0.2) is 4.98 Å². The van der Waals surface area contributed by atoms with E-state index in [-0.39, 0.29) is 0 Å². The maximum Gasteiger partial charge on any atom is 0.250 e. The van der Waals surface area contributed by atoms with E-state index in [1.807, 2.05) is 43.3 Å². The van der Waals surface area contributed by atoms with Gasteiger partial charge in [0.1, 0.15) is 11.3 Å². The second-order valence-electron chi connectivity index (χ2n) is 4.70. The molecule has 0 amide bonds. The molecule has 108 valence electrons. The Morgan fingerprint density at radius 3 is 2.86 bits per heavy atom. The average molecular weight is 284 g/mol. The van der Waals surface area contributed by atoms with Crippen LogP contribution < -0.4 is 15.0 Å². The van der Waals surface area contributed by atoms with E-state index in [0.29, 0.717) is 28.7 Å². The number of aromatic amines is 1. The number of anilines is 2. The normalized spacial score (nSPS) is 10.6. The summed E-state index contributed by atoms with van der Waals surface area (Å²) in [5.74, 6) is 1.61. The Morgan fingerprint density at radius 1 is 1.24 bits per heavy atom. The van der Waals surface area contributed by atoms with Crippen molar-refractivity contribution in [2.75, 3.05) is 31.4 Å². The molecule has 2 aromatic heterocycles. The van der Waals surface area contributed by atoms with Gasteiger partial charge in [-0.05, 0) is 12.1 Å². The Bertz CT molecular complexity index is 767. The Kier molecular flexibility index (Phi) is 3.31. The first-order valence-electron chi connectivity index (χ1n) is 6.51. The molecule has 0 bridgehead atoms. The predicted molar refractivity (Wildman–Crippen MR) is 82.1 cm³/mol. The summed E-state index contributed by atoms with van der Waals surface area (Å²) < 4.78 is 5.89. The second kappa shape index (κ2) is 5.28. The minimum Gasteiger partial charge on any atom is -0.437 e. The third-order valence-electron chi connectivity index (χ3n) is 3.02. The SMILES string of the molecule is CNc1nc(Oc2cccc(N(C)C)c2)c2[nH]cnc2n1. The predicted octanol–water partition coefficient (Wildman–Crippen LogP) is 2.25. The zero-order valence-electron chi connectivity index (χ0n) is 12.1. The molecule has 0 aliphatic rings. The molecule has 0 unspecified atom stereocenters. The maximum atomic E-state index is 5.89. The molecule has 21 heavy (non-hydrogen) atoms. The van der Waals surface area contributed by atoms with Crippen molar-refractivity contribution in [3.8, 4) is 11.6 Å². The number of nitrogens with one attached hydrogen (secondary N) is 2. The zero-order chi connectivity index (χ0) is 14.8. The van der Waals surface area contributed by atoms with Crippen molar-refractivity contribution in [2.45, 2.75) is 0 Å².